The molecule has 0 bridgehead atoms. The molecule has 0 spiro atoms. The minimum Gasteiger partial charge on any atom is -0.490 e. The molecule has 0 amide bonds. The summed E-state index contributed by atoms with van der Waals surface area (Å²) in [6, 6.07) is 5.92. The van der Waals surface area contributed by atoms with Gasteiger partial charge in [0.15, 0.2) is 0 Å². The summed E-state index contributed by atoms with van der Waals surface area (Å²) in [6.45, 7) is 1.39. The van der Waals surface area contributed by atoms with Crippen LogP contribution in [-0.2, 0) is 9.53 Å². The van der Waals surface area contributed by atoms with E-state index in [4.69, 9.17) is 14.6 Å². The van der Waals surface area contributed by atoms with Crippen molar-refractivity contribution in [1.82, 2.24) is 4.90 Å². The highest BCUT2D eigenvalue weighted by molar-refractivity contribution is 5.69. The van der Waals surface area contributed by atoms with Gasteiger partial charge >= 0.3 is 5.97 Å². The summed E-state index contributed by atoms with van der Waals surface area (Å²) in [5.41, 5.74) is -0.540. The Morgan fingerprint density at radius 1 is 1.55 bits per heavy atom. The van der Waals surface area contributed by atoms with Crippen LogP contribution in [0.25, 0.3) is 0 Å². The van der Waals surface area contributed by atoms with Crippen LogP contribution in [0.1, 0.15) is 6.42 Å². The van der Waals surface area contributed by atoms with Gasteiger partial charge in [-0.15, -0.1) is 0 Å². The maximum absolute atomic E-state index is 13.1. The molecule has 1 N–H and O–H groups in total. The van der Waals surface area contributed by atoms with Crippen LogP contribution in [0.2, 0.25) is 0 Å². The molecular formula is C14H18FNO4. The zero-order valence-corrected chi connectivity index (χ0v) is 11.3. The molecule has 2 rings (SSSR count). The minimum absolute atomic E-state index is 0.00885. The van der Waals surface area contributed by atoms with Crippen LogP contribution in [0, 0.1) is 5.82 Å². The first-order chi connectivity index (χ1) is 9.53. The van der Waals surface area contributed by atoms with Crippen molar-refractivity contribution in [2.45, 2.75) is 12.0 Å². The van der Waals surface area contributed by atoms with Crippen molar-refractivity contribution in [3.05, 3.63) is 30.1 Å². The van der Waals surface area contributed by atoms with E-state index in [1.807, 2.05) is 0 Å². The monoisotopic (exact) mass is 283 g/mol. The number of carbonyl (C=O) groups is 1. The van der Waals surface area contributed by atoms with Gasteiger partial charge in [-0.05, 0) is 18.6 Å². The van der Waals surface area contributed by atoms with E-state index in [-0.39, 0.29) is 19.0 Å². The number of likely N-dealkylation sites (tertiary alicyclic amines) is 1. The van der Waals surface area contributed by atoms with Crippen molar-refractivity contribution in [1.29, 1.82) is 0 Å². The third-order valence-electron chi connectivity index (χ3n) is 3.49. The number of hydrogen-bond donors (Lipinski definition) is 1. The Bertz CT molecular complexity index is 482. The maximum atomic E-state index is 13.1. The number of methoxy groups -OCH3 is 1. The summed E-state index contributed by atoms with van der Waals surface area (Å²) >= 11 is 0. The molecule has 1 aromatic rings. The first kappa shape index (κ1) is 14.7. The molecule has 1 heterocycles. The van der Waals surface area contributed by atoms with Gasteiger partial charge in [0.2, 0.25) is 0 Å². The molecule has 1 aromatic carbocycles. The fourth-order valence-electron chi connectivity index (χ4n) is 2.37. The predicted molar refractivity (Wildman–Crippen MR) is 70.3 cm³/mol. The number of benzene rings is 1. The third kappa shape index (κ3) is 3.68. The van der Waals surface area contributed by atoms with E-state index >= 15 is 0 Å². The molecule has 1 fully saturated rings. The Balaban J connectivity index is 1.94. The number of aliphatic carboxylic acids is 1. The standard InChI is InChI=1S/C14H18FNO4/c1-19-14(5-6-16(9-14)8-13(17)18)10-20-12-4-2-3-11(15)7-12/h2-4,7H,5-6,8-10H2,1H3,(H,17,18)/t14-/m1/s1. The van der Waals surface area contributed by atoms with Crippen LogP contribution in [0.5, 0.6) is 5.75 Å². The summed E-state index contributed by atoms with van der Waals surface area (Å²) < 4.78 is 24.2. The highest BCUT2D eigenvalue weighted by atomic mass is 19.1. The van der Waals surface area contributed by atoms with Gasteiger partial charge in [0.05, 0.1) is 6.54 Å². The smallest absolute Gasteiger partial charge is 0.317 e. The second-order valence-corrected chi connectivity index (χ2v) is 4.99. The minimum atomic E-state index is -0.858. The Morgan fingerprint density at radius 3 is 3.00 bits per heavy atom. The van der Waals surface area contributed by atoms with Gasteiger partial charge in [-0.1, -0.05) is 6.07 Å². The van der Waals surface area contributed by atoms with E-state index in [0.29, 0.717) is 25.3 Å². The van der Waals surface area contributed by atoms with Crippen LogP contribution in [0.4, 0.5) is 4.39 Å². The molecule has 1 aliphatic heterocycles. The van der Waals surface area contributed by atoms with Crippen LogP contribution >= 0.6 is 0 Å². The fraction of sp³-hybridized carbons (Fsp3) is 0.500. The Morgan fingerprint density at radius 2 is 2.35 bits per heavy atom. The van der Waals surface area contributed by atoms with Gasteiger partial charge in [-0.2, -0.15) is 0 Å². The number of ether oxygens (including phenoxy) is 2. The summed E-state index contributed by atoms with van der Waals surface area (Å²) in [4.78, 5) is 12.5. The van der Waals surface area contributed by atoms with Crippen molar-refractivity contribution in [3.8, 4) is 5.75 Å². The van der Waals surface area contributed by atoms with Crippen molar-refractivity contribution >= 4 is 5.97 Å². The zero-order valence-electron chi connectivity index (χ0n) is 11.3. The molecular weight excluding hydrogens is 265 g/mol. The Labute approximate surface area is 116 Å². The van der Waals surface area contributed by atoms with Gasteiger partial charge in [-0.25, -0.2) is 4.39 Å². The highest BCUT2D eigenvalue weighted by Gasteiger charge is 2.39. The molecule has 0 aliphatic carbocycles. The van der Waals surface area contributed by atoms with E-state index < -0.39 is 11.6 Å². The summed E-state index contributed by atoms with van der Waals surface area (Å²) in [5.74, 6) is -0.769. The van der Waals surface area contributed by atoms with Crippen molar-refractivity contribution in [3.63, 3.8) is 0 Å². The number of halogens is 1. The number of rotatable bonds is 6. The topological polar surface area (TPSA) is 59.0 Å². The van der Waals surface area contributed by atoms with E-state index in [1.165, 1.54) is 12.1 Å². The molecule has 1 saturated heterocycles. The number of carboxylic acid groups (broad SMARTS) is 1. The maximum Gasteiger partial charge on any atom is 0.317 e. The summed E-state index contributed by atoms with van der Waals surface area (Å²) in [7, 11) is 1.58. The van der Waals surface area contributed by atoms with E-state index in [9.17, 15) is 9.18 Å². The molecule has 0 radical (unpaired) electrons. The predicted octanol–water partition coefficient (Wildman–Crippen LogP) is 1.38. The number of nitrogens with zero attached hydrogens (tertiary/aromatic N) is 1. The molecule has 6 heteroatoms. The van der Waals surface area contributed by atoms with Crippen LogP contribution in [0.3, 0.4) is 0 Å². The van der Waals surface area contributed by atoms with Gasteiger partial charge in [0.1, 0.15) is 23.8 Å². The largest absolute Gasteiger partial charge is 0.490 e. The van der Waals surface area contributed by atoms with Crippen LogP contribution in [-0.4, -0.2) is 54.9 Å². The lowest BCUT2D eigenvalue weighted by atomic mass is 10.0. The molecule has 5 nitrogen and oxygen atoms in total. The number of hydrogen-bond acceptors (Lipinski definition) is 4. The molecule has 1 aliphatic rings. The molecule has 0 unspecified atom stereocenters. The van der Waals surface area contributed by atoms with E-state index in [2.05, 4.69) is 0 Å². The first-order valence-corrected chi connectivity index (χ1v) is 6.41. The quantitative estimate of drug-likeness (QED) is 0.854. The second kappa shape index (κ2) is 6.19. The van der Waals surface area contributed by atoms with Gasteiger partial charge in [0.25, 0.3) is 0 Å². The van der Waals surface area contributed by atoms with Gasteiger partial charge in [-0.3, -0.25) is 9.69 Å². The van der Waals surface area contributed by atoms with Crippen molar-refractivity contribution < 1.29 is 23.8 Å². The summed E-state index contributed by atoms with van der Waals surface area (Å²) in [5, 5.41) is 8.80. The lowest BCUT2D eigenvalue weighted by molar-refractivity contribution is -0.138. The first-order valence-electron chi connectivity index (χ1n) is 6.41. The molecule has 20 heavy (non-hydrogen) atoms. The average molecular weight is 283 g/mol. The van der Waals surface area contributed by atoms with Gasteiger partial charge in [0, 0.05) is 26.3 Å². The van der Waals surface area contributed by atoms with Gasteiger partial charge < -0.3 is 14.6 Å². The van der Waals surface area contributed by atoms with Crippen LogP contribution in [0.15, 0.2) is 24.3 Å². The third-order valence-corrected chi connectivity index (χ3v) is 3.49. The normalized spacial score (nSPS) is 22.9. The summed E-state index contributed by atoms with van der Waals surface area (Å²) in [6.07, 6.45) is 0.687. The second-order valence-electron chi connectivity index (χ2n) is 4.99. The highest BCUT2D eigenvalue weighted by Crippen LogP contribution is 2.26. The van der Waals surface area contributed by atoms with Crippen LogP contribution < -0.4 is 4.74 Å². The van der Waals surface area contributed by atoms with Crippen molar-refractivity contribution in [2.75, 3.05) is 33.4 Å². The van der Waals surface area contributed by atoms with Crippen molar-refractivity contribution in [2.24, 2.45) is 0 Å². The molecule has 1 atom stereocenters. The lowest BCUT2D eigenvalue weighted by Gasteiger charge is -2.27. The van der Waals surface area contributed by atoms with E-state index in [1.54, 1.807) is 24.1 Å². The zero-order chi connectivity index (χ0) is 14.6. The molecule has 0 aromatic heterocycles. The lowest BCUT2D eigenvalue weighted by Crippen LogP contribution is -2.42. The Kier molecular flexibility index (Phi) is 4.57. The molecule has 0 saturated carbocycles. The number of carboxylic acids is 1. The molecule has 110 valence electrons. The van der Waals surface area contributed by atoms with E-state index in [0.717, 1.165) is 0 Å². The SMILES string of the molecule is CO[C@]1(COc2cccc(F)c2)CCN(CC(=O)O)C1. The average Bonchev–Trinajstić information content (AvgIpc) is 2.80. The fourth-order valence-corrected chi connectivity index (χ4v) is 2.37. The Hall–Kier alpha value is -1.66.